The second kappa shape index (κ2) is 3.89. The highest BCUT2D eigenvalue weighted by Gasteiger charge is 2.00. The second-order valence-corrected chi connectivity index (χ2v) is 3.10. The number of nitrogens with zero attached hydrogens (tertiary/aromatic N) is 1. The lowest BCUT2D eigenvalue weighted by atomic mass is 10.2. The molecular weight excluding hydrogens is 166 g/mol. The summed E-state index contributed by atoms with van der Waals surface area (Å²) in [5.41, 5.74) is 5.49. The van der Waals surface area contributed by atoms with Crippen LogP contribution in [0.2, 0.25) is 0 Å². The summed E-state index contributed by atoms with van der Waals surface area (Å²) in [5.74, 6) is 0.295. The van der Waals surface area contributed by atoms with Crippen molar-refractivity contribution in [2.75, 3.05) is 5.32 Å². The number of amides is 1. The highest BCUT2D eigenvalue weighted by molar-refractivity contribution is 5.92. The van der Waals surface area contributed by atoms with E-state index in [9.17, 15) is 4.79 Å². The number of nitrogens with two attached hydrogens (primary N) is 1. The molecule has 0 aliphatic carbocycles. The number of primary amides is 1. The van der Waals surface area contributed by atoms with Gasteiger partial charge in [0.25, 0.3) is 0 Å². The number of nitrogens with one attached hydrogen (secondary N) is 1. The van der Waals surface area contributed by atoms with Gasteiger partial charge in [-0.1, -0.05) is 0 Å². The molecule has 0 aromatic carbocycles. The maximum Gasteiger partial charge on any atom is 0.250 e. The Labute approximate surface area is 77.2 Å². The van der Waals surface area contributed by atoms with Crippen molar-refractivity contribution < 1.29 is 4.79 Å². The Hall–Kier alpha value is -1.58. The summed E-state index contributed by atoms with van der Waals surface area (Å²) < 4.78 is 0. The normalized spacial score (nSPS) is 10.1. The largest absolute Gasteiger partial charge is 0.368 e. The Morgan fingerprint density at radius 1 is 1.54 bits per heavy atom. The van der Waals surface area contributed by atoms with Crippen LogP contribution in [0.4, 0.5) is 5.82 Å². The smallest absolute Gasteiger partial charge is 0.250 e. The first kappa shape index (κ1) is 9.51. The van der Waals surface area contributed by atoms with Crippen molar-refractivity contribution in [3.63, 3.8) is 0 Å². The van der Waals surface area contributed by atoms with Crippen molar-refractivity contribution in [1.29, 1.82) is 0 Å². The molecule has 1 amide bonds. The van der Waals surface area contributed by atoms with Crippen LogP contribution in [0, 0.1) is 0 Å². The van der Waals surface area contributed by atoms with Crippen LogP contribution in [0.1, 0.15) is 24.2 Å². The number of rotatable bonds is 3. The van der Waals surface area contributed by atoms with Gasteiger partial charge < -0.3 is 11.1 Å². The van der Waals surface area contributed by atoms with Crippen LogP contribution in [-0.2, 0) is 0 Å². The summed E-state index contributed by atoms with van der Waals surface area (Å²) in [6, 6.07) is 3.71. The molecule has 0 atom stereocenters. The molecule has 0 saturated carbocycles. The monoisotopic (exact) mass is 179 g/mol. The Morgan fingerprint density at radius 2 is 2.23 bits per heavy atom. The van der Waals surface area contributed by atoms with Gasteiger partial charge in [-0.3, -0.25) is 4.79 Å². The first-order valence-electron chi connectivity index (χ1n) is 4.12. The minimum Gasteiger partial charge on any atom is -0.368 e. The zero-order valence-corrected chi connectivity index (χ0v) is 7.74. The molecule has 1 aromatic heterocycles. The van der Waals surface area contributed by atoms with E-state index in [0.717, 1.165) is 5.82 Å². The van der Waals surface area contributed by atoms with Gasteiger partial charge in [0.15, 0.2) is 0 Å². The number of hydrogen-bond acceptors (Lipinski definition) is 3. The van der Waals surface area contributed by atoms with E-state index >= 15 is 0 Å². The summed E-state index contributed by atoms with van der Waals surface area (Å²) >= 11 is 0. The van der Waals surface area contributed by atoms with Crippen LogP contribution in [0.25, 0.3) is 0 Å². The van der Waals surface area contributed by atoms with Crippen LogP contribution in [0.5, 0.6) is 0 Å². The van der Waals surface area contributed by atoms with Crippen LogP contribution in [-0.4, -0.2) is 16.9 Å². The third kappa shape index (κ3) is 2.74. The maximum absolute atomic E-state index is 10.7. The number of aromatic nitrogens is 1. The molecule has 0 radical (unpaired) electrons. The van der Waals surface area contributed by atoms with E-state index in [4.69, 9.17) is 5.73 Å². The Kier molecular flexibility index (Phi) is 2.84. The van der Waals surface area contributed by atoms with E-state index in [2.05, 4.69) is 10.3 Å². The molecule has 0 fully saturated rings. The Morgan fingerprint density at radius 3 is 2.62 bits per heavy atom. The van der Waals surface area contributed by atoms with E-state index < -0.39 is 5.91 Å². The highest BCUT2D eigenvalue weighted by Crippen LogP contribution is 2.05. The van der Waals surface area contributed by atoms with Gasteiger partial charge in [-0.2, -0.15) is 0 Å². The maximum atomic E-state index is 10.7. The average molecular weight is 179 g/mol. The van der Waals surface area contributed by atoms with Gasteiger partial charge in [0, 0.05) is 12.2 Å². The van der Waals surface area contributed by atoms with Gasteiger partial charge in [0.1, 0.15) is 5.82 Å². The second-order valence-electron chi connectivity index (χ2n) is 3.10. The molecule has 4 nitrogen and oxygen atoms in total. The number of hydrogen-bond donors (Lipinski definition) is 2. The van der Waals surface area contributed by atoms with Crippen LogP contribution in [0.15, 0.2) is 18.3 Å². The molecule has 0 aliphatic rings. The lowest BCUT2D eigenvalue weighted by Crippen LogP contribution is -2.13. The van der Waals surface area contributed by atoms with Crippen LogP contribution >= 0.6 is 0 Å². The first-order valence-corrected chi connectivity index (χ1v) is 4.12. The molecule has 4 heteroatoms. The lowest BCUT2D eigenvalue weighted by molar-refractivity contribution is 0.1000. The molecule has 0 spiro atoms. The van der Waals surface area contributed by atoms with Crippen molar-refractivity contribution in [3.8, 4) is 0 Å². The van der Waals surface area contributed by atoms with E-state index in [1.54, 1.807) is 12.1 Å². The van der Waals surface area contributed by atoms with Crippen molar-refractivity contribution in [2.24, 2.45) is 5.73 Å². The zero-order valence-electron chi connectivity index (χ0n) is 7.74. The molecule has 13 heavy (non-hydrogen) atoms. The average Bonchev–Trinajstić information content (AvgIpc) is 2.04. The van der Waals surface area contributed by atoms with Crippen molar-refractivity contribution in [1.82, 2.24) is 4.98 Å². The van der Waals surface area contributed by atoms with Crippen LogP contribution < -0.4 is 11.1 Å². The molecule has 0 bridgehead atoms. The SMILES string of the molecule is CC(C)Nc1ccc(C(N)=O)cn1. The van der Waals surface area contributed by atoms with Gasteiger partial charge in [-0.05, 0) is 26.0 Å². The predicted octanol–water partition coefficient (Wildman–Crippen LogP) is 1.00. The van der Waals surface area contributed by atoms with Gasteiger partial charge >= 0.3 is 0 Å². The fourth-order valence-electron chi connectivity index (χ4n) is 0.921. The quantitative estimate of drug-likeness (QED) is 0.727. The van der Waals surface area contributed by atoms with Gasteiger partial charge in [0.2, 0.25) is 5.91 Å². The fourth-order valence-corrected chi connectivity index (χ4v) is 0.921. The van der Waals surface area contributed by atoms with Crippen LogP contribution in [0.3, 0.4) is 0 Å². The summed E-state index contributed by atoms with van der Waals surface area (Å²) in [4.78, 5) is 14.7. The first-order chi connectivity index (χ1) is 6.09. The summed E-state index contributed by atoms with van der Waals surface area (Å²) in [5, 5.41) is 3.11. The van der Waals surface area contributed by atoms with Gasteiger partial charge in [-0.25, -0.2) is 4.98 Å². The zero-order chi connectivity index (χ0) is 9.84. The van der Waals surface area contributed by atoms with E-state index in [1.165, 1.54) is 6.20 Å². The molecule has 70 valence electrons. The predicted molar refractivity (Wildman–Crippen MR) is 51.5 cm³/mol. The Bertz CT molecular complexity index is 292. The minimum atomic E-state index is -0.455. The summed E-state index contributed by atoms with van der Waals surface area (Å²) in [6.07, 6.45) is 1.47. The third-order valence-corrected chi connectivity index (χ3v) is 1.48. The van der Waals surface area contributed by atoms with Crippen molar-refractivity contribution in [3.05, 3.63) is 23.9 Å². The molecule has 1 rings (SSSR count). The van der Waals surface area contributed by atoms with Crippen molar-refractivity contribution >= 4 is 11.7 Å². The highest BCUT2D eigenvalue weighted by atomic mass is 16.1. The minimum absolute atomic E-state index is 0.326. The molecule has 1 aromatic rings. The molecular formula is C9H13N3O. The van der Waals surface area contributed by atoms with E-state index in [-0.39, 0.29) is 0 Å². The number of pyridine rings is 1. The van der Waals surface area contributed by atoms with Gasteiger partial charge in [-0.15, -0.1) is 0 Å². The third-order valence-electron chi connectivity index (χ3n) is 1.48. The molecule has 1 heterocycles. The van der Waals surface area contributed by atoms with Crippen molar-refractivity contribution in [2.45, 2.75) is 19.9 Å². The lowest BCUT2D eigenvalue weighted by Gasteiger charge is -2.08. The summed E-state index contributed by atoms with van der Waals surface area (Å²) in [7, 11) is 0. The number of carbonyl (C=O) groups is 1. The molecule has 0 saturated heterocycles. The molecule has 0 unspecified atom stereocenters. The molecule has 0 aliphatic heterocycles. The fraction of sp³-hybridized carbons (Fsp3) is 0.333. The topological polar surface area (TPSA) is 68.0 Å². The number of anilines is 1. The Balaban J connectivity index is 2.75. The van der Waals surface area contributed by atoms with E-state index in [0.29, 0.717) is 11.6 Å². The number of carbonyl (C=O) groups excluding carboxylic acids is 1. The van der Waals surface area contributed by atoms with E-state index in [1.807, 2.05) is 13.8 Å². The standard InChI is InChI=1S/C9H13N3O/c1-6(2)12-8-4-3-7(5-11-8)9(10)13/h3-6H,1-2H3,(H2,10,13)(H,11,12). The molecule has 3 N–H and O–H groups in total. The summed E-state index contributed by atoms with van der Waals surface area (Å²) in [6.45, 7) is 4.04. The van der Waals surface area contributed by atoms with Gasteiger partial charge in [0.05, 0.1) is 5.56 Å².